The van der Waals surface area contributed by atoms with Gasteiger partial charge in [-0.05, 0) is 36.2 Å². The van der Waals surface area contributed by atoms with Gasteiger partial charge in [0.05, 0.1) is 10.2 Å². The summed E-state index contributed by atoms with van der Waals surface area (Å²) in [6.07, 6.45) is 5.95. The molecule has 5 nitrogen and oxygen atoms in total. The van der Waals surface area contributed by atoms with E-state index in [1.807, 2.05) is 11.0 Å². The molecule has 8 heteroatoms. The van der Waals surface area contributed by atoms with Crippen LogP contribution in [0, 0.1) is 11.6 Å². The second-order valence-electron chi connectivity index (χ2n) is 6.69. The van der Waals surface area contributed by atoms with Gasteiger partial charge in [0, 0.05) is 25.7 Å². The van der Waals surface area contributed by atoms with Gasteiger partial charge in [-0.1, -0.05) is 35.6 Å². The minimum absolute atomic E-state index is 0.177. The third-order valence-corrected chi connectivity index (χ3v) is 5.60. The van der Waals surface area contributed by atoms with Crippen LogP contribution >= 0.6 is 11.3 Å². The Labute approximate surface area is 170 Å². The number of thiazole rings is 1. The maximum absolute atomic E-state index is 14.2. The second kappa shape index (κ2) is 8.08. The molecule has 0 radical (unpaired) electrons. The normalized spacial score (nSPS) is 14.0. The average Bonchev–Trinajstić information content (AvgIpc) is 3.09. The Bertz CT molecular complexity index is 1130. The Morgan fingerprint density at radius 3 is 2.93 bits per heavy atom. The van der Waals surface area contributed by atoms with Crippen molar-refractivity contribution in [3.63, 3.8) is 0 Å². The van der Waals surface area contributed by atoms with Gasteiger partial charge in [-0.3, -0.25) is 4.79 Å². The largest absolute Gasteiger partial charge is 0.350 e. The lowest BCUT2D eigenvalue weighted by atomic mass is 10.0. The molecule has 0 atom stereocenters. The van der Waals surface area contributed by atoms with Crippen LogP contribution in [0.4, 0.5) is 19.7 Å². The number of aromatic nitrogens is 2. The van der Waals surface area contributed by atoms with E-state index in [1.54, 1.807) is 18.3 Å². The van der Waals surface area contributed by atoms with E-state index in [0.717, 1.165) is 5.57 Å². The lowest BCUT2D eigenvalue weighted by Crippen LogP contribution is -2.31. The van der Waals surface area contributed by atoms with Gasteiger partial charge in [-0.15, -0.1) is 0 Å². The topological polar surface area (TPSA) is 58.1 Å². The number of carbonyl (C=O) groups is 1. The van der Waals surface area contributed by atoms with Crippen molar-refractivity contribution < 1.29 is 13.6 Å². The van der Waals surface area contributed by atoms with Crippen molar-refractivity contribution in [3.05, 3.63) is 65.9 Å². The molecule has 1 N–H and O–H groups in total. The van der Waals surface area contributed by atoms with Gasteiger partial charge in [0.15, 0.2) is 16.8 Å². The summed E-state index contributed by atoms with van der Waals surface area (Å²) in [4.78, 5) is 22.7. The Morgan fingerprint density at radius 2 is 2.21 bits per heavy atom. The number of benzene rings is 1. The zero-order valence-electron chi connectivity index (χ0n) is 15.5. The van der Waals surface area contributed by atoms with Gasteiger partial charge in [-0.2, -0.15) is 0 Å². The van der Waals surface area contributed by atoms with E-state index in [1.165, 1.54) is 29.5 Å². The van der Waals surface area contributed by atoms with Gasteiger partial charge in [0.1, 0.15) is 5.82 Å². The molecular weight excluding hydrogens is 394 g/mol. The van der Waals surface area contributed by atoms with E-state index in [9.17, 15) is 13.6 Å². The molecule has 1 aliphatic rings. The highest BCUT2D eigenvalue weighted by molar-refractivity contribution is 7.22. The fourth-order valence-electron chi connectivity index (χ4n) is 3.18. The number of halogens is 2. The van der Waals surface area contributed by atoms with Crippen molar-refractivity contribution in [1.82, 2.24) is 9.97 Å². The first-order valence-electron chi connectivity index (χ1n) is 9.08. The molecule has 1 aliphatic heterocycles. The summed E-state index contributed by atoms with van der Waals surface area (Å²) < 4.78 is 28.2. The zero-order valence-corrected chi connectivity index (χ0v) is 16.3. The molecule has 3 aromatic rings. The maximum Gasteiger partial charge on any atom is 0.230 e. The van der Waals surface area contributed by atoms with Crippen molar-refractivity contribution in [1.29, 1.82) is 0 Å². The van der Waals surface area contributed by atoms with Crippen LogP contribution in [0.15, 0.2) is 48.7 Å². The average molecular weight is 412 g/mol. The second-order valence-corrected chi connectivity index (χ2v) is 7.72. The van der Waals surface area contributed by atoms with Gasteiger partial charge in [-0.25, -0.2) is 18.7 Å². The number of pyridine rings is 1. The van der Waals surface area contributed by atoms with Crippen molar-refractivity contribution >= 4 is 44.5 Å². The predicted molar refractivity (Wildman–Crippen MR) is 112 cm³/mol. The molecule has 148 valence electrons. The van der Waals surface area contributed by atoms with Crippen LogP contribution in [0.25, 0.3) is 16.3 Å². The molecule has 1 amide bonds. The highest BCUT2D eigenvalue weighted by atomic mass is 32.1. The Balaban J connectivity index is 1.37. The van der Waals surface area contributed by atoms with E-state index in [0.29, 0.717) is 46.2 Å². The number of carbonyl (C=O) groups excluding carboxylic acids is 1. The highest BCUT2D eigenvalue weighted by Gasteiger charge is 2.19. The van der Waals surface area contributed by atoms with Crippen LogP contribution in [0.2, 0.25) is 0 Å². The van der Waals surface area contributed by atoms with Crippen LogP contribution < -0.4 is 10.2 Å². The lowest BCUT2D eigenvalue weighted by molar-refractivity contribution is -0.115. The number of hydrogen-bond acceptors (Lipinski definition) is 5. The Kier molecular flexibility index (Phi) is 5.35. The first-order valence-corrected chi connectivity index (χ1v) is 9.90. The molecule has 1 aromatic carbocycles. The fourth-order valence-corrected chi connectivity index (χ4v) is 4.08. The Hall–Kier alpha value is -3.13. The minimum Gasteiger partial charge on any atom is -0.350 e. The summed E-state index contributed by atoms with van der Waals surface area (Å²) in [5.41, 5.74) is 2.26. The van der Waals surface area contributed by atoms with Crippen LogP contribution in [0.3, 0.4) is 0 Å². The summed E-state index contributed by atoms with van der Waals surface area (Å²) in [5.74, 6) is -0.591. The van der Waals surface area contributed by atoms with Gasteiger partial charge >= 0.3 is 0 Å². The van der Waals surface area contributed by atoms with E-state index in [4.69, 9.17) is 0 Å². The van der Waals surface area contributed by atoms with E-state index >= 15 is 0 Å². The molecule has 0 spiro atoms. The SMILES string of the molecule is C=Cc1cnc(N2CC=C(CC(=O)Nc3nc4ccc(F)cc4s3)CC2)c(F)c1. The number of anilines is 2. The van der Waals surface area contributed by atoms with E-state index in [-0.39, 0.29) is 24.0 Å². The molecule has 0 fully saturated rings. The number of nitrogens with one attached hydrogen (secondary N) is 1. The van der Waals surface area contributed by atoms with Crippen molar-refractivity contribution in [2.24, 2.45) is 0 Å². The maximum atomic E-state index is 14.2. The van der Waals surface area contributed by atoms with Crippen molar-refractivity contribution in [2.75, 3.05) is 23.3 Å². The molecule has 2 aromatic heterocycles. The van der Waals surface area contributed by atoms with Gasteiger partial charge in [0.2, 0.25) is 5.91 Å². The van der Waals surface area contributed by atoms with Crippen LogP contribution in [0.1, 0.15) is 18.4 Å². The van der Waals surface area contributed by atoms with Crippen LogP contribution in [-0.4, -0.2) is 29.0 Å². The molecule has 0 saturated heterocycles. The summed E-state index contributed by atoms with van der Waals surface area (Å²) in [6, 6.07) is 5.74. The Morgan fingerprint density at radius 1 is 1.34 bits per heavy atom. The quantitative estimate of drug-likeness (QED) is 0.613. The number of amides is 1. The summed E-state index contributed by atoms with van der Waals surface area (Å²) >= 11 is 1.24. The summed E-state index contributed by atoms with van der Waals surface area (Å²) in [5, 5.41) is 3.22. The first kappa shape index (κ1) is 19.2. The molecule has 0 bridgehead atoms. The zero-order chi connectivity index (χ0) is 20.4. The van der Waals surface area contributed by atoms with Crippen LogP contribution in [0.5, 0.6) is 0 Å². The molecule has 3 heterocycles. The molecular formula is C21H18F2N4OS. The molecule has 4 rings (SSSR count). The van der Waals surface area contributed by atoms with Gasteiger partial charge < -0.3 is 10.2 Å². The van der Waals surface area contributed by atoms with E-state index < -0.39 is 0 Å². The van der Waals surface area contributed by atoms with E-state index in [2.05, 4.69) is 21.9 Å². The first-order chi connectivity index (χ1) is 14.0. The molecule has 0 saturated carbocycles. The van der Waals surface area contributed by atoms with Crippen molar-refractivity contribution in [3.8, 4) is 0 Å². The predicted octanol–water partition coefficient (Wildman–Crippen LogP) is 4.78. The number of fused-ring (bicyclic) bond motifs is 1. The minimum atomic E-state index is -0.385. The smallest absolute Gasteiger partial charge is 0.230 e. The monoisotopic (exact) mass is 412 g/mol. The molecule has 29 heavy (non-hydrogen) atoms. The lowest BCUT2D eigenvalue weighted by Gasteiger charge is -2.27. The summed E-state index contributed by atoms with van der Waals surface area (Å²) in [7, 11) is 0. The summed E-state index contributed by atoms with van der Waals surface area (Å²) in [6.45, 7) is 4.68. The number of rotatable bonds is 5. The molecule has 0 aliphatic carbocycles. The van der Waals surface area contributed by atoms with Crippen molar-refractivity contribution in [2.45, 2.75) is 12.8 Å². The fraction of sp³-hybridized carbons (Fsp3) is 0.190. The van der Waals surface area contributed by atoms with Gasteiger partial charge in [0.25, 0.3) is 0 Å². The third kappa shape index (κ3) is 4.32. The third-order valence-electron chi connectivity index (χ3n) is 4.67. The number of nitrogens with zero attached hydrogens (tertiary/aromatic N) is 3. The highest BCUT2D eigenvalue weighted by Crippen LogP contribution is 2.27. The van der Waals surface area contributed by atoms with Crippen LogP contribution in [-0.2, 0) is 4.79 Å². The molecule has 0 unspecified atom stereocenters. The number of hydrogen-bond donors (Lipinski definition) is 1. The standard InChI is InChI=1S/C21H18F2N4OS/c1-2-13-9-16(23)20(24-12-13)27-7-5-14(6-8-27)10-19(28)26-21-25-17-4-3-15(22)11-18(17)29-21/h2-5,9,11-12H,1,6-8,10H2,(H,25,26,28).